The molecule has 2 saturated heterocycles. The van der Waals surface area contributed by atoms with Gasteiger partial charge in [0.15, 0.2) is 0 Å². The Kier molecular flexibility index (Phi) is 7.21. The summed E-state index contributed by atoms with van der Waals surface area (Å²) in [7, 11) is 0. The number of carbonyl (C=O) groups excluding carboxylic acids is 2. The van der Waals surface area contributed by atoms with Crippen molar-refractivity contribution >= 4 is 23.4 Å². The Morgan fingerprint density at radius 2 is 1.91 bits per heavy atom. The van der Waals surface area contributed by atoms with Gasteiger partial charge >= 0.3 is 0 Å². The van der Waals surface area contributed by atoms with Gasteiger partial charge < -0.3 is 28.5 Å². The first-order chi connectivity index (χ1) is 15.9. The highest BCUT2D eigenvalue weighted by atomic mass is 35.5. The third-order valence-electron chi connectivity index (χ3n) is 5.92. The summed E-state index contributed by atoms with van der Waals surface area (Å²) in [5.41, 5.74) is -0.0276. The van der Waals surface area contributed by atoms with E-state index in [4.69, 9.17) is 30.3 Å². The zero-order valence-electron chi connectivity index (χ0n) is 18.8. The molecule has 3 heterocycles. The second kappa shape index (κ2) is 10.1. The average Bonchev–Trinajstić information content (AvgIpc) is 3.16. The first kappa shape index (κ1) is 23.5. The summed E-state index contributed by atoms with van der Waals surface area (Å²) in [4.78, 5) is 29.9. The molecule has 2 aliphatic rings. The summed E-state index contributed by atoms with van der Waals surface area (Å²) < 4.78 is 22.7. The summed E-state index contributed by atoms with van der Waals surface area (Å²) >= 11 is 6.09. The number of rotatable bonds is 6. The van der Waals surface area contributed by atoms with Crippen LogP contribution in [-0.4, -0.2) is 85.0 Å². The summed E-state index contributed by atoms with van der Waals surface area (Å²) in [6.45, 7) is 6.51. The lowest BCUT2D eigenvalue weighted by atomic mass is 9.96. The fourth-order valence-electron chi connectivity index (χ4n) is 4.18. The Bertz CT molecular complexity index is 986. The maximum absolute atomic E-state index is 13.3. The van der Waals surface area contributed by atoms with Gasteiger partial charge in [0.1, 0.15) is 29.3 Å². The molecule has 2 fully saturated rings. The number of carbonyl (C=O) groups is 2. The van der Waals surface area contributed by atoms with E-state index in [9.17, 15) is 9.59 Å². The van der Waals surface area contributed by atoms with E-state index in [-0.39, 0.29) is 38.0 Å². The van der Waals surface area contributed by atoms with Crippen LogP contribution in [0.4, 0.5) is 0 Å². The van der Waals surface area contributed by atoms with E-state index in [1.54, 1.807) is 47.9 Å². The van der Waals surface area contributed by atoms with E-state index in [1.807, 2.05) is 0 Å². The number of aromatic nitrogens is 1. The monoisotopic (exact) mass is 477 g/mol. The van der Waals surface area contributed by atoms with Gasteiger partial charge in [-0.2, -0.15) is 0 Å². The highest BCUT2D eigenvalue weighted by Gasteiger charge is 2.43. The van der Waals surface area contributed by atoms with Crippen molar-refractivity contribution in [1.82, 2.24) is 15.0 Å². The van der Waals surface area contributed by atoms with Crippen LogP contribution in [-0.2, 0) is 14.3 Å². The maximum Gasteiger partial charge on any atom is 0.259 e. The minimum atomic E-state index is -1.01. The Morgan fingerprint density at radius 3 is 2.61 bits per heavy atom. The van der Waals surface area contributed by atoms with Gasteiger partial charge in [0, 0.05) is 24.7 Å². The fraction of sp³-hybridized carbons (Fsp3) is 0.522. The van der Waals surface area contributed by atoms with Crippen LogP contribution in [0.3, 0.4) is 0 Å². The quantitative estimate of drug-likeness (QED) is 0.630. The number of benzene rings is 1. The van der Waals surface area contributed by atoms with Gasteiger partial charge in [-0.1, -0.05) is 22.8 Å². The average molecular weight is 478 g/mol. The predicted octanol–water partition coefficient (Wildman–Crippen LogP) is 2.48. The lowest BCUT2D eigenvalue weighted by Crippen LogP contribution is -2.58. The van der Waals surface area contributed by atoms with Gasteiger partial charge in [0.25, 0.3) is 5.91 Å². The highest BCUT2D eigenvalue weighted by Crippen LogP contribution is 2.28. The van der Waals surface area contributed by atoms with Crippen LogP contribution in [0.2, 0.25) is 5.02 Å². The largest absolute Gasteiger partial charge is 0.490 e. The molecule has 10 heteroatoms. The third-order valence-corrected chi connectivity index (χ3v) is 6.15. The number of amides is 2. The summed E-state index contributed by atoms with van der Waals surface area (Å²) in [5.74, 6) is 0.785. The zero-order valence-corrected chi connectivity index (χ0v) is 19.6. The molecule has 4 rings (SSSR count). The SMILES string of the molecule is Cc1noc(C)c1C(=O)N1CCO[C@@](COc2cccc(Cl)c2)(CC(=O)N2CCOCC2)C1. The lowest BCUT2D eigenvalue weighted by Gasteiger charge is -2.43. The molecule has 0 unspecified atom stereocenters. The molecule has 0 aliphatic carbocycles. The first-order valence-corrected chi connectivity index (χ1v) is 11.3. The molecule has 2 aliphatic heterocycles. The number of aryl methyl sites for hydroxylation is 2. The van der Waals surface area contributed by atoms with E-state index in [0.29, 0.717) is 60.6 Å². The normalized spacial score (nSPS) is 21.2. The molecule has 33 heavy (non-hydrogen) atoms. The highest BCUT2D eigenvalue weighted by molar-refractivity contribution is 6.30. The molecule has 0 N–H and O–H groups in total. The van der Waals surface area contributed by atoms with Gasteiger partial charge in [-0.3, -0.25) is 9.59 Å². The summed E-state index contributed by atoms with van der Waals surface area (Å²) in [5, 5.41) is 4.45. The van der Waals surface area contributed by atoms with Crippen molar-refractivity contribution in [2.45, 2.75) is 25.9 Å². The molecule has 0 spiro atoms. The number of nitrogens with zero attached hydrogens (tertiary/aromatic N) is 3. The van der Waals surface area contributed by atoms with E-state index in [2.05, 4.69) is 5.16 Å². The minimum absolute atomic E-state index is 0.0559. The van der Waals surface area contributed by atoms with Crippen LogP contribution in [0, 0.1) is 13.8 Å². The smallest absolute Gasteiger partial charge is 0.259 e. The molecular formula is C23H28ClN3O6. The van der Waals surface area contributed by atoms with Gasteiger partial charge in [0.05, 0.1) is 38.5 Å². The van der Waals surface area contributed by atoms with E-state index in [1.165, 1.54) is 0 Å². The number of halogens is 1. The topological polar surface area (TPSA) is 94.3 Å². The number of hydrogen-bond acceptors (Lipinski definition) is 7. The van der Waals surface area contributed by atoms with E-state index in [0.717, 1.165) is 0 Å². The predicted molar refractivity (Wildman–Crippen MR) is 120 cm³/mol. The summed E-state index contributed by atoms with van der Waals surface area (Å²) in [6, 6.07) is 7.04. The number of hydrogen-bond donors (Lipinski definition) is 0. The second-order valence-electron chi connectivity index (χ2n) is 8.37. The Labute approximate surface area is 197 Å². The van der Waals surface area contributed by atoms with Crippen LogP contribution in [0.15, 0.2) is 28.8 Å². The van der Waals surface area contributed by atoms with Crippen molar-refractivity contribution in [2.24, 2.45) is 0 Å². The first-order valence-electron chi connectivity index (χ1n) is 11.0. The maximum atomic E-state index is 13.3. The third kappa shape index (κ3) is 5.48. The van der Waals surface area contributed by atoms with Gasteiger partial charge in [-0.15, -0.1) is 0 Å². The van der Waals surface area contributed by atoms with Crippen LogP contribution < -0.4 is 4.74 Å². The molecule has 0 saturated carbocycles. The molecule has 1 aromatic carbocycles. The molecule has 1 atom stereocenters. The van der Waals surface area contributed by atoms with Crippen LogP contribution in [0.25, 0.3) is 0 Å². The molecule has 2 aromatic rings. The minimum Gasteiger partial charge on any atom is -0.490 e. The molecule has 2 amide bonds. The Morgan fingerprint density at radius 1 is 1.15 bits per heavy atom. The summed E-state index contributed by atoms with van der Waals surface area (Å²) in [6.07, 6.45) is 0.0823. The molecule has 178 valence electrons. The van der Waals surface area contributed by atoms with E-state index < -0.39 is 5.60 Å². The van der Waals surface area contributed by atoms with Crippen LogP contribution in [0.1, 0.15) is 28.2 Å². The molecule has 9 nitrogen and oxygen atoms in total. The van der Waals surface area contributed by atoms with Crippen molar-refractivity contribution in [3.8, 4) is 5.75 Å². The second-order valence-corrected chi connectivity index (χ2v) is 8.81. The van der Waals surface area contributed by atoms with Gasteiger partial charge in [0.2, 0.25) is 5.91 Å². The Balaban J connectivity index is 1.55. The van der Waals surface area contributed by atoms with Crippen molar-refractivity contribution in [1.29, 1.82) is 0 Å². The molecule has 1 aromatic heterocycles. The van der Waals surface area contributed by atoms with Gasteiger partial charge in [-0.05, 0) is 32.0 Å². The van der Waals surface area contributed by atoms with Crippen molar-refractivity contribution in [3.63, 3.8) is 0 Å². The standard InChI is InChI=1S/C23H28ClN3O6/c1-16-21(17(2)33-25-16)22(29)27-8-11-32-23(14-27,13-20(28)26-6-9-30-10-7-26)15-31-19-5-3-4-18(24)12-19/h3-5,12H,6-11,13-15H2,1-2H3/t23-/m0/s1. The lowest BCUT2D eigenvalue weighted by molar-refractivity contribution is -0.155. The fourth-order valence-corrected chi connectivity index (χ4v) is 4.36. The van der Waals surface area contributed by atoms with E-state index >= 15 is 0 Å². The van der Waals surface area contributed by atoms with Crippen molar-refractivity contribution in [3.05, 3.63) is 46.3 Å². The van der Waals surface area contributed by atoms with Crippen molar-refractivity contribution in [2.75, 3.05) is 52.6 Å². The molecular weight excluding hydrogens is 450 g/mol. The zero-order chi connectivity index (χ0) is 23.4. The number of ether oxygens (including phenoxy) is 3. The Hall–Kier alpha value is -2.62. The number of morpholine rings is 2. The van der Waals surface area contributed by atoms with Gasteiger partial charge in [-0.25, -0.2) is 0 Å². The van der Waals surface area contributed by atoms with Crippen molar-refractivity contribution < 1.29 is 28.3 Å². The van der Waals surface area contributed by atoms with Crippen LogP contribution in [0.5, 0.6) is 5.75 Å². The molecule has 0 radical (unpaired) electrons. The van der Waals surface area contributed by atoms with Crippen LogP contribution >= 0.6 is 11.6 Å². The molecule has 0 bridgehead atoms.